The molecule has 136 valence electrons. The Bertz CT molecular complexity index is 765. The predicted octanol–water partition coefficient (Wildman–Crippen LogP) is 3.49. The summed E-state index contributed by atoms with van der Waals surface area (Å²) in [7, 11) is 0. The number of hydrogen-bond acceptors (Lipinski definition) is 3. The van der Waals surface area contributed by atoms with Gasteiger partial charge >= 0.3 is 6.09 Å². The summed E-state index contributed by atoms with van der Waals surface area (Å²) in [6.45, 7) is 6.08. The van der Waals surface area contributed by atoms with E-state index in [0.717, 1.165) is 23.7 Å². The van der Waals surface area contributed by atoms with Gasteiger partial charge in [0.05, 0.1) is 23.9 Å². The van der Waals surface area contributed by atoms with Crippen molar-refractivity contribution in [1.82, 2.24) is 14.7 Å². The molecular formula is C19H27N3O3. The first-order valence-electron chi connectivity index (χ1n) is 8.85. The van der Waals surface area contributed by atoms with Gasteiger partial charge in [-0.25, -0.2) is 4.79 Å². The van der Waals surface area contributed by atoms with Crippen LogP contribution in [-0.2, 0) is 6.54 Å². The molecule has 2 N–H and O–H groups in total. The molecule has 3 rings (SSSR count). The molecule has 2 aromatic rings. The number of nitrogens with zero attached hydrogens (tertiary/aromatic N) is 3. The summed E-state index contributed by atoms with van der Waals surface area (Å²) in [4.78, 5) is 13.3. The molecule has 1 amide bonds. The van der Waals surface area contributed by atoms with Crippen LogP contribution in [0.15, 0.2) is 30.5 Å². The zero-order chi connectivity index (χ0) is 18.2. The second kappa shape index (κ2) is 6.33. The second-order valence-electron chi connectivity index (χ2n) is 8.16. The Morgan fingerprint density at radius 3 is 2.80 bits per heavy atom. The summed E-state index contributed by atoms with van der Waals surface area (Å²) in [5, 5.41) is 26.3. The first-order chi connectivity index (χ1) is 11.7. The van der Waals surface area contributed by atoms with E-state index in [1.165, 1.54) is 4.90 Å². The zero-order valence-electron chi connectivity index (χ0n) is 15.1. The Morgan fingerprint density at radius 2 is 2.12 bits per heavy atom. The highest BCUT2D eigenvalue weighted by Crippen LogP contribution is 2.35. The Hall–Kier alpha value is -2.08. The molecule has 1 aliphatic carbocycles. The highest BCUT2D eigenvalue weighted by molar-refractivity contribution is 5.78. The smallest absolute Gasteiger partial charge is 0.407 e. The van der Waals surface area contributed by atoms with E-state index in [1.807, 2.05) is 49.7 Å². The number of fused-ring (bicyclic) bond motifs is 1. The minimum Gasteiger partial charge on any atom is -0.465 e. The molecular weight excluding hydrogens is 318 g/mol. The molecule has 1 aromatic carbocycles. The first kappa shape index (κ1) is 17.7. The van der Waals surface area contributed by atoms with E-state index in [4.69, 9.17) is 0 Å². The molecule has 0 aliphatic heterocycles. The number of rotatable bonds is 3. The quantitative estimate of drug-likeness (QED) is 0.892. The minimum atomic E-state index is -0.948. The molecule has 6 heteroatoms. The van der Waals surface area contributed by atoms with Crippen LogP contribution in [0.3, 0.4) is 0 Å². The normalized spacial score (nSPS) is 24.4. The van der Waals surface area contributed by atoms with Gasteiger partial charge in [-0.3, -0.25) is 4.68 Å². The van der Waals surface area contributed by atoms with Crippen molar-refractivity contribution in [3.63, 3.8) is 0 Å². The summed E-state index contributed by atoms with van der Waals surface area (Å²) in [5.74, 6) is 0. The number of aromatic nitrogens is 2. The van der Waals surface area contributed by atoms with Gasteiger partial charge in [0.1, 0.15) is 0 Å². The van der Waals surface area contributed by atoms with Crippen molar-refractivity contribution in [2.45, 2.75) is 70.2 Å². The van der Waals surface area contributed by atoms with E-state index >= 15 is 0 Å². The maximum absolute atomic E-state index is 11.8. The summed E-state index contributed by atoms with van der Waals surface area (Å²) < 4.78 is 1.83. The summed E-state index contributed by atoms with van der Waals surface area (Å²) in [6.07, 6.45) is 3.57. The SMILES string of the molecule is CC(C)(C)N(C(=O)O)C1CCCC(O)(Cn2ncc3ccccc32)C1. The number of carboxylic acid groups (broad SMARTS) is 1. The van der Waals surface area contributed by atoms with Crippen LogP contribution < -0.4 is 0 Å². The van der Waals surface area contributed by atoms with Crippen LogP contribution in [0.5, 0.6) is 0 Å². The number of para-hydroxylation sites is 1. The monoisotopic (exact) mass is 345 g/mol. The van der Waals surface area contributed by atoms with Crippen LogP contribution in [0, 0.1) is 0 Å². The van der Waals surface area contributed by atoms with Crippen molar-refractivity contribution in [2.75, 3.05) is 0 Å². The van der Waals surface area contributed by atoms with E-state index < -0.39 is 17.2 Å². The number of aliphatic hydroxyl groups is 1. The van der Waals surface area contributed by atoms with Gasteiger partial charge < -0.3 is 15.1 Å². The molecule has 1 aromatic heterocycles. The minimum absolute atomic E-state index is 0.182. The lowest BCUT2D eigenvalue weighted by molar-refractivity contribution is -0.0530. The van der Waals surface area contributed by atoms with Crippen LogP contribution >= 0.6 is 0 Å². The van der Waals surface area contributed by atoms with Crippen molar-refractivity contribution >= 4 is 17.0 Å². The first-order valence-corrected chi connectivity index (χ1v) is 8.85. The zero-order valence-corrected chi connectivity index (χ0v) is 15.1. The fourth-order valence-electron chi connectivity index (χ4n) is 4.09. The molecule has 1 fully saturated rings. The average molecular weight is 345 g/mol. The van der Waals surface area contributed by atoms with Crippen LogP contribution in [0.1, 0.15) is 46.5 Å². The largest absolute Gasteiger partial charge is 0.465 e. The predicted molar refractivity (Wildman–Crippen MR) is 96.6 cm³/mol. The molecule has 1 aliphatic rings. The van der Waals surface area contributed by atoms with Crippen molar-refractivity contribution in [1.29, 1.82) is 0 Å². The second-order valence-corrected chi connectivity index (χ2v) is 8.16. The Kier molecular flexibility index (Phi) is 4.49. The Labute approximate surface area is 148 Å². The van der Waals surface area contributed by atoms with Crippen molar-refractivity contribution in [3.05, 3.63) is 30.5 Å². The van der Waals surface area contributed by atoms with Gasteiger partial charge in [-0.15, -0.1) is 0 Å². The molecule has 0 bridgehead atoms. The number of carbonyl (C=O) groups is 1. The summed E-state index contributed by atoms with van der Waals surface area (Å²) >= 11 is 0. The summed E-state index contributed by atoms with van der Waals surface area (Å²) in [6, 6.07) is 7.73. The topological polar surface area (TPSA) is 78.6 Å². The van der Waals surface area contributed by atoms with Gasteiger partial charge in [0.2, 0.25) is 0 Å². The van der Waals surface area contributed by atoms with E-state index in [2.05, 4.69) is 5.10 Å². The number of benzene rings is 1. The van der Waals surface area contributed by atoms with E-state index in [1.54, 1.807) is 6.20 Å². The molecule has 6 nitrogen and oxygen atoms in total. The van der Waals surface area contributed by atoms with E-state index in [-0.39, 0.29) is 6.04 Å². The van der Waals surface area contributed by atoms with Crippen molar-refractivity contribution in [2.24, 2.45) is 0 Å². The molecule has 0 spiro atoms. The van der Waals surface area contributed by atoms with E-state index in [0.29, 0.717) is 19.4 Å². The standard InChI is InChI=1S/C19H27N3O3/c1-18(2,3)22(17(23)24)15-8-6-10-19(25,11-15)13-21-16-9-5-4-7-14(16)12-20-21/h4-5,7,9,12,15,25H,6,8,10-11,13H2,1-3H3,(H,23,24). The van der Waals surface area contributed by atoms with Gasteiger partial charge in [-0.1, -0.05) is 18.2 Å². The number of hydrogen-bond donors (Lipinski definition) is 2. The van der Waals surface area contributed by atoms with Crippen LogP contribution in [0.4, 0.5) is 4.79 Å². The molecule has 1 heterocycles. The Balaban J connectivity index is 1.83. The van der Waals surface area contributed by atoms with Gasteiger partial charge in [0.25, 0.3) is 0 Å². The lowest BCUT2D eigenvalue weighted by Gasteiger charge is -2.45. The highest BCUT2D eigenvalue weighted by atomic mass is 16.4. The lowest BCUT2D eigenvalue weighted by atomic mass is 9.80. The van der Waals surface area contributed by atoms with Gasteiger partial charge in [-0.05, 0) is 52.5 Å². The molecule has 1 saturated carbocycles. The third-order valence-corrected chi connectivity index (χ3v) is 5.08. The van der Waals surface area contributed by atoms with E-state index in [9.17, 15) is 15.0 Å². The van der Waals surface area contributed by atoms with Gasteiger partial charge in [-0.2, -0.15) is 5.10 Å². The fourth-order valence-corrected chi connectivity index (χ4v) is 4.09. The van der Waals surface area contributed by atoms with Crippen molar-refractivity contribution in [3.8, 4) is 0 Å². The third-order valence-electron chi connectivity index (χ3n) is 5.08. The molecule has 0 saturated heterocycles. The third kappa shape index (κ3) is 3.63. The highest BCUT2D eigenvalue weighted by Gasteiger charge is 2.42. The maximum atomic E-state index is 11.8. The van der Waals surface area contributed by atoms with Gasteiger partial charge in [0.15, 0.2) is 0 Å². The Morgan fingerprint density at radius 1 is 1.40 bits per heavy atom. The fraction of sp³-hybridized carbons (Fsp3) is 0.579. The van der Waals surface area contributed by atoms with Crippen LogP contribution in [0.2, 0.25) is 0 Å². The van der Waals surface area contributed by atoms with Crippen LogP contribution in [-0.4, -0.2) is 48.2 Å². The molecule has 25 heavy (non-hydrogen) atoms. The number of amides is 1. The molecule has 0 radical (unpaired) electrons. The average Bonchev–Trinajstić information content (AvgIpc) is 2.88. The van der Waals surface area contributed by atoms with Gasteiger partial charge in [0, 0.05) is 17.0 Å². The summed E-state index contributed by atoms with van der Waals surface area (Å²) in [5.41, 5.74) is -0.451. The molecule has 2 unspecified atom stereocenters. The lowest BCUT2D eigenvalue weighted by Crippen LogP contribution is -2.55. The maximum Gasteiger partial charge on any atom is 0.407 e. The molecule has 2 atom stereocenters. The van der Waals surface area contributed by atoms with Crippen molar-refractivity contribution < 1.29 is 15.0 Å². The van der Waals surface area contributed by atoms with Crippen LogP contribution in [0.25, 0.3) is 10.9 Å².